The Labute approximate surface area is 127 Å². The second kappa shape index (κ2) is 6.78. The molecule has 5 nitrogen and oxygen atoms in total. The first kappa shape index (κ1) is 16.5. The molecule has 0 aliphatic carbocycles. The Kier molecular flexibility index (Phi) is 5.90. The molecule has 0 atom stereocenters. The van der Waals surface area contributed by atoms with Crippen LogP contribution in [0.3, 0.4) is 0 Å². The van der Waals surface area contributed by atoms with Crippen LogP contribution in [0.25, 0.3) is 0 Å². The number of hydrogen-bond acceptors (Lipinski definition) is 3. The van der Waals surface area contributed by atoms with Gasteiger partial charge in [0.05, 0.1) is 0 Å². The lowest BCUT2D eigenvalue weighted by molar-refractivity contribution is -0.118. The highest BCUT2D eigenvalue weighted by Gasteiger charge is 2.21. The van der Waals surface area contributed by atoms with Gasteiger partial charge < -0.3 is 5.32 Å². The van der Waals surface area contributed by atoms with E-state index in [1.807, 2.05) is 0 Å². The summed E-state index contributed by atoms with van der Waals surface area (Å²) in [5.74, 6) is -0.806. The fourth-order valence-corrected chi connectivity index (χ4v) is 4.84. The summed E-state index contributed by atoms with van der Waals surface area (Å²) >= 11 is 6.01. The topological polar surface area (TPSA) is 75.3 Å². The number of amides is 1. The van der Waals surface area contributed by atoms with Gasteiger partial charge in [-0.25, -0.2) is 17.5 Å². The van der Waals surface area contributed by atoms with Crippen LogP contribution in [-0.2, 0) is 14.8 Å². The average molecular weight is 418 g/mol. The SMILES string of the molecule is CC(=O)NCCNS(=O)(=O)c1c(Br)cc(F)cc1Br. The van der Waals surface area contributed by atoms with Crippen LogP contribution in [0.1, 0.15) is 6.92 Å². The van der Waals surface area contributed by atoms with Crippen molar-refractivity contribution < 1.29 is 17.6 Å². The summed E-state index contributed by atoms with van der Waals surface area (Å²) in [6.45, 7) is 1.55. The predicted octanol–water partition coefficient (Wildman–Crippen LogP) is 1.77. The van der Waals surface area contributed by atoms with E-state index in [-0.39, 0.29) is 32.8 Å². The Balaban J connectivity index is 2.86. The summed E-state index contributed by atoms with van der Waals surface area (Å²) in [6, 6.07) is 2.13. The lowest BCUT2D eigenvalue weighted by Crippen LogP contribution is -2.34. The first-order valence-electron chi connectivity index (χ1n) is 5.12. The third-order valence-corrected chi connectivity index (χ3v) is 5.36. The second-order valence-corrected chi connectivity index (χ2v) is 6.99. The standard InChI is InChI=1S/C10H11Br2FN2O3S/c1-6(16)14-2-3-15-19(17,18)10-8(11)4-7(13)5-9(10)12/h4-5,15H,2-3H2,1H3,(H,14,16). The van der Waals surface area contributed by atoms with Crippen molar-refractivity contribution in [2.75, 3.05) is 13.1 Å². The summed E-state index contributed by atoms with van der Waals surface area (Å²) in [5.41, 5.74) is 0. The lowest BCUT2D eigenvalue weighted by atomic mass is 10.3. The highest BCUT2D eigenvalue weighted by atomic mass is 79.9. The molecule has 0 radical (unpaired) electrons. The zero-order chi connectivity index (χ0) is 14.6. The van der Waals surface area contributed by atoms with Crippen LogP contribution in [0.15, 0.2) is 26.0 Å². The number of benzene rings is 1. The molecule has 106 valence electrons. The molecule has 0 saturated carbocycles. The van der Waals surface area contributed by atoms with Crippen molar-refractivity contribution in [3.63, 3.8) is 0 Å². The van der Waals surface area contributed by atoms with Gasteiger partial charge in [0.1, 0.15) is 10.7 Å². The third kappa shape index (κ3) is 4.83. The van der Waals surface area contributed by atoms with Gasteiger partial charge in [0.2, 0.25) is 15.9 Å². The smallest absolute Gasteiger partial charge is 0.242 e. The van der Waals surface area contributed by atoms with Crippen molar-refractivity contribution in [1.82, 2.24) is 10.0 Å². The Bertz CT molecular complexity index is 569. The van der Waals surface area contributed by atoms with E-state index in [1.54, 1.807) is 0 Å². The maximum absolute atomic E-state index is 13.1. The van der Waals surface area contributed by atoms with Crippen molar-refractivity contribution in [3.8, 4) is 0 Å². The summed E-state index contributed by atoms with van der Waals surface area (Å²) in [4.78, 5) is 10.6. The molecule has 9 heteroatoms. The molecule has 1 amide bonds. The van der Waals surface area contributed by atoms with Gasteiger partial charge in [-0.3, -0.25) is 4.79 Å². The fraction of sp³-hybridized carbons (Fsp3) is 0.300. The molecule has 0 saturated heterocycles. The molecule has 1 aromatic rings. The minimum Gasteiger partial charge on any atom is -0.355 e. The second-order valence-electron chi connectivity index (χ2n) is 3.58. The maximum atomic E-state index is 13.1. The molecular formula is C10H11Br2FN2O3S. The van der Waals surface area contributed by atoms with Gasteiger partial charge in [-0.1, -0.05) is 0 Å². The number of hydrogen-bond donors (Lipinski definition) is 2. The maximum Gasteiger partial charge on any atom is 0.242 e. The largest absolute Gasteiger partial charge is 0.355 e. The summed E-state index contributed by atoms with van der Waals surface area (Å²) in [7, 11) is -3.80. The van der Waals surface area contributed by atoms with Crippen LogP contribution in [0, 0.1) is 5.82 Å². The highest BCUT2D eigenvalue weighted by Crippen LogP contribution is 2.30. The van der Waals surface area contributed by atoms with Crippen LogP contribution < -0.4 is 10.0 Å². The molecule has 0 aliphatic rings. The number of carbonyl (C=O) groups excluding carboxylic acids is 1. The third-order valence-electron chi connectivity index (χ3n) is 2.02. The van der Waals surface area contributed by atoms with Crippen molar-refractivity contribution in [3.05, 3.63) is 26.9 Å². The first-order chi connectivity index (χ1) is 8.74. The van der Waals surface area contributed by atoms with Gasteiger partial charge in [0.15, 0.2) is 0 Å². The Morgan fingerprint density at radius 1 is 1.26 bits per heavy atom. The minimum absolute atomic E-state index is 0.0399. The van der Waals surface area contributed by atoms with Gasteiger partial charge in [0.25, 0.3) is 0 Å². The molecule has 0 heterocycles. The van der Waals surface area contributed by atoms with Gasteiger partial charge in [-0.05, 0) is 44.0 Å². The molecule has 1 rings (SSSR count). The Morgan fingerprint density at radius 2 is 1.79 bits per heavy atom. The molecule has 2 N–H and O–H groups in total. The first-order valence-corrected chi connectivity index (χ1v) is 8.19. The van der Waals surface area contributed by atoms with Crippen LogP contribution >= 0.6 is 31.9 Å². The van der Waals surface area contributed by atoms with E-state index >= 15 is 0 Å². The minimum atomic E-state index is -3.80. The molecule has 0 aliphatic heterocycles. The van der Waals surface area contributed by atoms with Gasteiger partial charge in [-0.15, -0.1) is 0 Å². The van der Waals surface area contributed by atoms with Crippen molar-refractivity contribution in [1.29, 1.82) is 0 Å². The van der Waals surface area contributed by atoms with Crippen LogP contribution in [0.2, 0.25) is 0 Å². The Morgan fingerprint density at radius 3 is 2.26 bits per heavy atom. The van der Waals surface area contributed by atoms with Gasteiger partial charge in [-0.2, -0.15) is 0 Å². The average Bonchev–Trinajstić information content (AvgIpc) is 2.22. The van der Waals surface area contributed by atoms with E-state index in [0.29, 0.717) is 0 Å². The van der Waals surface area contributed by atoms with E-state index in [9.17, 15) is 17.6 Å². The summed E-state index contributed by atoms with van der Waals surface area (Å²) in [5, 5.41) is 2.46. The van der Waals surface area contributed by atoms with Crippen LogP contribution in [0.5, 0.6) is 0 Å². The summed E-state index contributed by atoms with van der Waals surface area (Å²) < 4.78 is 39.7. The van der Waals surface area contributed by atoms with E-state index in [2.05, 4.69) is 41.9 Å². The highest BCUT2D eigenvalue weighted by molar-refractivity contribution is 9.11. The van der Waals surface area contributed by atoms with Crippen molar-refractivity contribution in [2.24, 2.45) is 0 Å². The zero-order valence-electron chi connectivity index (χ0n) is 9.84. The molecule has 19 heavy (non-hydrogen) atoms. The van der Waals surface area contributed by atoms with Gasteiger partial charge in [0, 0.05) is 29.0 Å². The van der Waals surface area contributed by atoms with Crippen molar-refractivity contribution >= 4 is 47.8 Å². The van der Waals surface area contributed by atoms with Crippen molar-refractivity contribution in [2.45, 2.75) is 11.8 Å². The number of sulfonamides is 1. The fourth-order valence-electron chi connectivity index (χ4n) is 1.28. The number of carbonyl (C=O) groups is 1. The summed E-state index contributed by atoms with van der Waals surface area (Å²) in [6.07, 6.45) is 0. The van der Waals surface area contributed by atoms with Gasteiger partial charge >= 0.3 is 0 Å². The molecule has 0 fully saturated rings. The predicted molar refractivity (Wildman–Crippen MR) is 75.7 cm³/mol. The van der Waals surface area contributed by atoms with E-state index in [1.165, 1.54) is 6.92 Å². The number of rotatable bonds is 5. The Hall–Kier alpha value is -0.510. The van der Waals surface area contributed by atoms with E-state index in [0.717, 1.165) is 12.1 Å². The molecule has 1 aromatic carbocycles. The molecule has 0 aromatic heterocycles. The number of halogens is 3. The van der Waals surface area contributed by atoms with Crippen LogP contribution in [-0.4, -0.2) is 27.4 Å². The molecule has 0 spiro atoms. The molecule has 0 bridgehead atoms. The molecule has 0 unspecified atom stereocenters. The number of nitrogens with one attached hydrogen (secondary N) is 2. The van der Waals surface area contributed by atoms with E-state index < -0.39 is 15.8 Å². The normalized spacial score (nSPS) is 11.4. The van der Waals surface area contributed by atoms with Crippen LogP contribution in [0.4, 0.5) is 4.39 Å². The monoisotopic (exact) mass is 416 g/mol. The quantitative estimate of drug-likeness (QED) is 0.717. The molecular weight excluding hydrogens is 407 g/mol. The lowest BCUT2D eigenvalue weighted by Gasteiger charge is -2.10. The zero-order valence-corrected chi connectivity index (χ0v) is 13.8. The van der Waals surface area contributed by atoms with E-state index in [4.69, 9.17) is 0 Å².